The first kappa shape index (κ1) is 40.2. The van der Waals surface area contributed by atoms with Crippen molar-refractivity contribution in [2.24, 2.45) is 5.92 Å². The third kappa shape index (κ3) is 13.6. The summed E-state index contributed by atoms with van der Waals surface area (Å²) in [6, 6.07) is 6.48. The van der Waals surface area contributed by atoms with Gasteiger partial charge in [-0.1, -0.05) is 83.2 Å². The van der Waals surface area contributed by atoms with Crippen LogP contribution in [0.4, 0.5) is 4.79 Å². The van der Waals surface area contributed by atoms with Gasteiger partial charge in [0.1, 0.15) is 17.7 Å². The number of nitrogens with one attached hydrogen (secondary N) is 4. The van der Waals surface area contributed by atoms with Crippen LogP contribution in [-0.2, 0) is 35.3 Å². The van der Waals surface area contributed by atoms with Crippen LogP contribution >= 0.6 is 0 Å². The topological polar surface area (TPSA) is 163 Å². The number of carbonyl (C=O) groups is 6. The molecule has 2 fully saturated rings. The first-order valence-electron chi connectivity index (χ1n) is 17.5. The summed E-state index contributed by atoms with van der Waals surface area (Å²) in [5.74, 6) is -3.23. The number of nitrogens with zero attached hydrogens (tertiary/aromatic N) is 1. The summed E-state index contributed by atoms with van der Waals surface area (Å²) in [7, 11) is 0. The minimum absolute atomic E-state index is 0.0777. The van der Waals surface area contributed by atoms with E-state index >= 15 is 0 Å². The van der Waals surface area contributed by atoms with Gasteiger partial charge in [0.25, 0.3) is 5.91 Å². The van der Waals surface area contributed by atoms with Crippen LogP contribution < -0.4 is 21.3 Å². The number of hydrogen-bond acceptors (Lipinski definition) is 7. The number of benzene rings is 1. The van der Waals surface area contributed by atoms with E-state index in [4.69, 9.17) is 4.74 Å². The second kappa shape index (κ2) is 20.4. The third-order valence-corrected chi connectivity index (χ3v) is 8.07. The Morgan fingerprint density at radius 2 is 1.52 bits per heavy atom. The molecule has 0 aromatic heterocycles. The van der Waals surface area contributed by atoms with Gasteiger partial charge in [-0.3, -0.25) is 24.0 Å². The van der Waals surface area contributed by atoms with Gasteiger partial charge < -0.3 is 30.9 Å². The normalized spacial score (nSPS) is 17.5. The van der Waals surface area contributed by atoms with E-state index in [1.54, 1.807) is 20.8 Å². The van der Waals surface area contributed by atoms with Crippen LogP contribution in [0.25, 0.3) is 0 Å². The predicted molar refractivity (Wildman–Crippen MR) is 184 cm³/mol. The predicted octanol–water partition coefficient (Wildman–Crippen LogP) is 4.15. The van der Waals surface area contributed by atoms with Crippen LogP contribution in [0.5, 0.6) is 0 Å². The van der Waals surface area contributed by atoms with Crippen molar-refractivity contribution >= 4 is 35.5 Å². The molecule has 4 N–H and O–H groups in total. The second-order valence-electron chi connectivity index (χ2n) is 13.6. The molecule has 268 valence electrons. The summed E-state index contributed by atoms with van der Waals surface area (Å²) >= 11 is 0. The summed E-state index contributed by atoms with van der Waals surface area (Å²) in [5, 5.41) is 10.5. The van der Waals surface area contributed by atoms with Gasteiger partial charge in [-0.05, 0) is 64.4 Å². The molecule has 2 aliphatic rings. The van der Waals surface area contributed by atoms with Crippen molar-refractivity contribution in [2.45, 2.75) is 136 Å². The Bertz CT molecular complexity index is 1210. The summed E-state index contributed by atoms with van der Waals surface area (Å²) in [6.45, 7) is 11.6. The Hall–Kier alpha value is -3.96. The maximum atomic E-state index is 13.9. The molecule has 5 amide bonds. The zero-order chi connectivity index (χ0) is 35.7. The average molecular weight is 672 g/mol. The van der Waals surface area contributed by atoms with E-state index in [0.717, 1.165) is 37.7 Å². The van der Waals surface area contributed by atoms with E-state index in [0.29, 0.717) is 25.8 Å². The molecule has 0 radical (unpaired) electrons. The summed E-state index contributed by atoms with van der Waals surface area (Å²) in [5.41, 5.74) is 0.156. The maximum absolute atomic E-state index is 13.9. The van der Waals surface area contributed by atoms with Crippen molar-refractivity contribution < 1.29 is 33.5 Å². The quantitative estimate of drug-likeness (QED) is 0.229. The zero-order valence-electron chi connectivity index (χ0n) is 29.7. The summed E-state index contributed by atoms with van der Waals surface area (Å²) < 4.78 is 5.44. The highest BCUT2D eigenvalue weighted by Gasteiger charge is 2.42. The number of ether oxygens (including phenoxy) is 1. The SMILES string of the molecule is CCC.CCCC(NC(=O)[C@@H]1CCCN1C(=O)[C@@H](NC(=O)OC(C)(C)C)C1CCCCC1)C(=O)C(=O)NCC(=O)NCc1ccccc1. The van der Waals surface area contributed by atoms with Gasteiger partial charge in [0.2, 0.25) is 23.5 Å². The minimum Gasteiger partial charge on any atom is -0.444 e. The van der Waals surface area contributed by atoms with Crippen LogP contribution in [0.3, 0.4) is 0 Å². The lowest BCUT2D eigenvalue weighted by molar-refractivity contribution is -0.143. The van der Waals surface area contributed by atoms with Crippen LogP contribution in [-0.4, -0.2) is 77.2 Å². The minimum atomic E-state index is -1.11. The molecule has 1 aliphatic carbocycles. The molecule has 1 aromatic rings. The van der Waals surface area contributed by atoms with Crippen LogP contribution in [0.1, 0.15) is 111 Å². The number of hydrogen-bond donors (Lipinski definition) is 4. The number of likely N-dealkylation sites (tertiary alicyclic amines) is 1. The van der Waals surface area contributed by atoms with E-state index < -0.39 is 53.3 Å². The highest BCUT2D eigenvalue weighted by Crippen LogP contribution is 2.29. The molecule has 12 nitrogen and oxygen atoms in total. The molecule has 0 spiro atoms. The third-order valence-electron chi connectivity index (χ3n) is 8.07. The fourth-order valence-electron chi connectivity index (χ4n) is 5.86. The second-order valence-corrected chi connectivity index (χ2v) is 13.6. The first-order chi connectivity index (χ1) is 22.8. The molecule has 0 bridgehead atoms. The van der Waals surface area contributed by atoms with Crippen LogP contribution in [0.15, 0.2) is 30.3 Å². The molecular weight excluding hydrogens is 614 g/mol. The Morgan fingerprint density at radius 1 is 0.875 bits per heavy atom. The van der Waals surface area contributed by atoms with Crippen LogP contribution in [0, 0.1) is 5.92 Å². The lowest BCUT2D eigenvalue weighted by Gasteiger charge is -2.35. The molecule has 12 heteroatoms. The monoisotopic (exact) mass is 671 g/mol. The molecule has 3 rings (SSSR count). The summed E-state index contributed by atoms with van der Waals surface area (Å²) in [4.78, 5) is 79.5. The Balaban J connectivity index is 0.00000257. The van der Waals surface area contributed by atoms with Crippen molar-refractivity contribution in [3.05, 3.63) is 35.9 Å². The smallest absolute Gasteiger partial charge is 0.408 e. The maximum Gasteiger partial charge on any atom is 0.408 e. The van der Waals surface area contributed by atoms with Gasteiger partial charge in [-0.15, -0.1) is 0 Å². The fourth-order valence-corrected chi connectivity index (χ4v) is 5.86. The van der Waals surface area contributed by atoms with Gasteiger partial charge in [0.05, 0.1) is 12.6 Å². The Kier molecular flexibility index (Phi) is 17.1. The number of alkyl carbamates (subject to hydrolysis) is 1. The molecule has 3 atom stereocenters. The fraction of sp³-hybridized carbons (Fsp3) is 0.667. The zero-order valence-corrected chi connectivity index (χ0v) is 29.7. The molecule has 1 aliphatic heterocycles. The molecule has 1 aromatic carbocycles. The molecule has 1 saturated carbocycles. The highest BCUT2D eigenvalue weighted by atomic mass is 16.6. The van der Waals surface area contributed by atoms with Crippen LogP contribution in [0.2, 0.25) is 0 Å². The van der Waals surface area contributed by atoms with E-state index in [-0.39, 0.29) is 31.3 Å². The Labute approximate surface area is 285 Å². The van der Waals surface area contributed by atoms with Crippen molar-refractivity contribution in [3.63, 3.8) is 0 Å². The van der Waals surface area contributed by atoms with Gasteiger partial charge in [0.15, 0.2) is 0 Å². The van der Waals surface area contributed by atoms with Crippen molar-refractivity contribution in [3.8, 4) is 0 Å². The number of ketones is 1. The van der Waals surface area contributed by atoms with E-state index in [1.165, 1.54) is 11.3 Å². The number of Topliss-reactive ketones (excluding diaryl/α,β-unsaturated/α-hetero) is 1. The van der Waals surface area contributed by atoms with E-state index in [9.17, 15) is 28.8 Å². The average Bonchev–Trinajstić information content (AvgIpc) is 3.55. The van der Waals surface area contributed by atoms with Gasteiger partial charge >= 0.3 is 6.09 Å². The van der Waals surface area contributed by atoms with Crippen molar-refractivity contribution in [2.75, 3.05) is 13.1 Å². The highest BCUT2D eigenvalue weighted by molar-refractivity contribution is 6.38. The summed E-state index contributed by atoms with van der Waals surface area (Å²) in [6.07, 6.45) is 6.80. The van der Waals surface area contributed by atoms with E-state index in [2.05, 4.69) is 35.1 Å². The van der Waals surface area contributed by atoms with E-state index in [1.807, 2.05) is 37.3 Å². The number of rotatable bonds is 13. The van der Waals surface area contributed by atoms with Gasteiger partial charge in [-0.2, -0.15) is 0 Å². The first-order valence-corrected chi connectivity index (χ1v) is 17.5. The molecule has 1 unspecified atom stereocenters. The Morgan fingerprint density at radius 3 is 2.12 bits per heavy atom. The molecular formula is C36H57N5O7. The largest absolute Gasteiger partial charge is 0.444 e. The van der Waals surface area contributed by atoms with Gasteiger partial charge in [-0.25, -0.2) is 4.79 Å². The standard InChI is InChI=1S/C33H49N5O7.C3H8/c1-5-13-24(28(40)30(42)35-21-26(39)34-20-22-14-8-6-9-15-22)36-29(41)25-18-12-19-38(25)31(43)27(23-16-10-7-11-17-23)37-32(44)45-33(2,3)4;1-3-2/h6,8-9,14-15,23-25,27H,5,7,10-13,16-21H2,1-4H3,(H,34,39)(H,35,42)(H,36,41)(H,37,44);3H2,1-2H3/t24?,25-,27-;/m0./s1. The van der Waals surface area contributed by atoms with Crippen molar-refractivity contribution in [1.29, 1.82) is 0 Å². The lowest BCUT2D eigenvalue weighted by Crippen LogP contribution is -2.58. The molecule has 48 heavy (non-hydrogen) atoms. The molecule has 1 saturated heterocycles. The lowest BCUT2D eigenvalue weighted by atomic mass is 9.83. The van der Waals surface area contributed by atoms with Gasteiger partial charge in [0, 0.05) is 13.1 Å². The number of carbonyl (C=O) groups excluding carboxylic acids is 6. The number of amides is 5. The van der Waals surface area contributed by atoms with Crippen molar-refractivity contribution in [1.82, 2.24) is 26.2 Å². The molecule has 1 heterocycles.